The van der Waals surface area contributed by atoms with E-state index in [1.165, 1.54) is 51.0 Å². The summed E-state index contributed by atoms with van der Waals surface area (Å²) < 4.78 is 0. The van der Waals surface area contributed by atoms with Gasteiger partial charge in [0, 0.05) is 39.3 Å². The number of carbonyl (C=O) groups is 1. The van der Waals surface area contributed by atoms with Gasteiger partial charge in [-0.2, -0.15) is 0 Å². The van der Waals surface area contributed by atoms with Crippen LogP contribution < -0.4 is 10.6 Å². The molecule has 3 rings (SSSR count). The number of carbonyl (C=O) groups excluding carboxylic acids is 1. The Kier molecular flexibility index (Phi) is 8.38. The molecule has 0 unspecified atom stereocenters. The van der Waals surface area contributed by atoms with Gasteiger partial charge in [0.25, 0.3) is 0 Å². The Hall–Kier alpha value is -1.31. The lowest BCUT2D eigenvalue weighted by Gasteiger charge is -2.33. The zero-order valence-corrected chi connectivity index (χ0v) is 18.9. The van der Waals surface area contributed by atoms with Gasteiger partial charge in [0.15, 0.2) is 5.96 Å². The summed E-state index contributed by atoms with van der Waals surface area (Å²) in [5.41, 5.74) is 2.65. The largest absolute Gasteiger partial charge is 0.356 e. The first-order valence-electron chi connectivity index (χ1n) is 9.92. The van der Waals surface area contributed by atoms with E-state index in [0.29, 0.717) is 5.41 Å². The van der Waals surface area contributed by atoms with E-state index < -0.39 is 0 Å². The fourth-order valence-corrected chi connectivity index (χ4v) is 4.43. The van der Waals surface area contributed by atoms with Crippen LogP contribution >= 0.6 is 24.0 Å². The van der Waals surface area contributed by atoms with Gasteiger partial charge in [0.1, 0.15) is 0 Å². The van der Waals surface area contributed by atoms with Crippen LogP contribution in [0.4, 0.5) is 5.69 Å². The number of anilines is 1. The summed E-state index contributed by atoms with van der Waals surface area (Å²) in [6.07, 6.45) is 9.25. The first-order chi connectivity index (χ1) is 12.6. The Morgan fingerprint density at radius 1 is 1.15 bits per heavy atom. The summed E-state index contributed by atoms with van der Waals surface area (Å²) in [7, 11) is 1.89. The van der Waals surface area contributed by atoms with Gasteiger partial charge >= 0.3 is 0 Å². The van der Waals surface area contributed by atoms with Crippen molar-refractivity contribution in [2.75, 3.05) is 32.0 Å². The van der Waals surface area contributed by atoms with E-state index >= 15 is 0 Å². The smallest absolute Gasteiger partial charge is 0.221 e. The first-order valence-corrected chi connectivity index (χ1v) is 9.92. The highest BCUT2D eigenvalue weighted by Crippen LogP contribution is 2.43. The lowest BCUT2D eigenvalue weighted by atomic mass is 9.73. The molecule has 1 saturated carbocycles. The van der Waals surface area contributed by atoms with E-state index in [9.17, 15) is 4.79 Å². The molecular weight excluding hydrogens is 451 g/mol. The van der Waals surface area contributed by atoms with Crippen molar-refractivity contribution in [2.24, 2.45) is 10.4 Å². The van der Waals surface area contributed by atoms with Crippen molar-refractivity contribution in [2.45, 2.75) is 51.9 Å². The average Bonchev–Trinajstić information content (AvgIpc) is 3.03. The molecule has 150 valence electrons. The first kappa shape index (κ1) is 22.0. The molecular formula is C21H33IN4O. The van der Waals surface area contributed by atoms with Crippen LogP contribution in [0.25, 0.3) is 0 Å². The highest BCUT2D eigenvalue weighted by atomic mass is 127. The van der Waals surface area contributed by atoms with Crippen molar-refractivity contribution >= 4 is 41.5 Å². The van der Waals surface area contributed by atoms with Crippen molar-refractivity contribution in [3.8, 4) is 0 Å². The third-order valence-corrected chi connectivity index (χ3v) is 5.83. The van der Waals surface area contributed by atoms with E-state index in [-0.39, 0.29) is 29.9 Å². The number of amides is 1. The molecule has 1 aromatic carbocycles. The third-order valence-electron chi connectivity index (χ3n) is 5.83. The molecule has 1 aliphatic carbocycles. The molecule has 1 aliphatic heterocycles. The number of likely N-dealkylation sites (tertiary alicyclic amines) is 1. The minimum Gasteiger partial charge on any atom is -0.356 e. The lowest BCUT2D eigenvalue weighted by Crippen LogP contribution is -2.42. The number of aliphatic imine (C=N–C) groups is 1. The molecule has 0 radical (unpaired) electrons. The summed E-state index contributed by atoms with van der Waals surface area (Å²) in [4.78, 5) is 18.0. The van der Waals surface area contributed by atoms with Gasteiger partial charge in [0.05, 0.1) is 0 Å². The minimum atomic E-state index is -0.0374. The Bertz CT molecular complexity index is 638. The topological polar surface area (TPSA) is 56.7 Å². The minimum absolute atomic E-state index is 0. The summed E-state index contributed by atoms with van der Waals surface area (Å²) >= 11 is 0. The van der Waals surface area contributed by atoms with Crippen LogP contribution in [0.15, 0.2) is 29.3 Å². The van der Waals surface area contributed by atoms with E-state index in [0.717, 1.165) is 37.7 Å². The van der Waals surface area contributed by atoms with Crippen LogP contribution in [0, 0.1) is 5.41 Å². The predicted molar refractivity (Wildman–Crippen MR) is 123 cm³/mol. The number of rotatable bonds is 4. The van der Waals surface area contributed by atoms with E-state index in [4.69, 9.17) is 0 Å². The van der Waals surface area contributed by atoms with Crippen LogP contribution in [-0.2, 0) is 11.2 Å². The Morgan fingerprint density at radius 3 is 2.48 bits per heavy atom. The van der Waals surface area contributed by atoms with Gasteiger partial charge in [-0.15, -0.1) is 24.0 Å². The average molecular weight is 484 g/mol. The van der Waals surface area contributed by atoms with Crippen LogP contribution in [0.3, 0.4) is 0 Å². The number of hydrogen-bond acceptors (Lipinski definition) is 2. The van der Waals surface area contributed by atoms with E-state index in [1.807, 2.05) is 19.2 Å². The highest BCUT2D eigenvalue weighted by molar-refractivity contribution is 14.0. The van der Waals surface area contributed by atoms with Gasteiger partial charge in [-0.05, 0) is 48.8 Å². The second-order valence-electron chi connectivity index (χ2n) is 7.83. The van der Waals surface area contributed by atoms with Crippen LogP contribution in [0.2, 0.25) is 0 Å². The Labute approximate surface area is 180 Å². The zero-order chi connectivity index (χ0) is 18.4. The molecule has 1 amide bonds. The summed E-state index contributed by atoms with van der Waals surface area (Å²) in [5.74, 6) is 1.01. The summed E-state index contributed by atoms with van der Waals surface area (Å²) in [6, 6.07) is 8.06. The molecule has 1 heterocycles. The standard InChI is InChI=1S/C21H32N4O.HI/c1-17(26)24-19-8-6-18(7-9-19)10-14-23-20(22-2)25-15-13-21(16-25)11-4-3-5-12-21;/h6-9H,3-5,10-16H2,1-2H3,(H,22,23)(H,24,26);1H. The molecule has 2 N–H and O–H groups in total. The number of guanidine groups is 1. The number of nitrogens with zero attached hydrogens (tertiary/aromatic N) is 2. The van der Waals surface area contributed by atoms with Crippen molar-refractivity contribution in [3.63, 3.8) is 0 Å². The van der Waals surface area contributed by atoms with Crippen molar-refractivity contribution in [1.29, 1.82) is 0 Å². The molecule has 5 nitrogen and oxygen atoms in total. The maximum Gasteiger partial charge on any atom is 0.221 e. The van der Waals surface area contributed by atoms with E-state index in [1.54, 1.807) is 0 Å². The van der Waals surface area contributed by atoms with Crippen LogP contribution in [-0.4, -0.2) is 43.4 Å². The number of hydrogen-bond donors (Lipinski definition) is 2. The molecule has 0 bridgehead atoms. The third kappa shape index (κ3) is 6.09. The van der Waals surface area contributed by atoms with Gasteiger partial charge in [-0.3, -0.25) is 9.79 Å². The number of halogens is 1. The summed E-state index contributed by atoms with van der Waals surface area (Å²) in [5, 5.41) is 6.34. The second-order valence-corrected chi connectivity index (χ2v) is 7.83. The molecule has 0 atom stereocenters. The Morgan fingerprint density at radius 2 is 1.85 bits per heavy atom. The number of nitrogens with one attached hydrogen (secondary N) is 2. The monoisotopic (exact) mass is 484 g/mol. The van der Waals surface area contributed by atoms with Crippen molar-refractivity contribution in [3.05, 3.63) is 29.8 Å². The van der Waals surface area contributed by atoms with Crippen LogP contribution in [0.1, 0.15) is 51.0 Å². The maximum absolute atomic E-state index is 11.1. The SMILES string of the molecule is CN=C(NCCc1ccc(NC(C)=O)cc1)N1CCC2(CCCCC2)C1.I. The lowest BCUT2D eigenvalue weighted by molar-refractivity contribution is -0.114. The normalized spacial score (nSPS) is 18.9. The molecule has 2 aliphatic rings. The Balaban J connectivity index is 0.00000261. The predicted octanol–water partition coefficient (Wildman–Crippen LogP) is 4.04. The fourth-order valence-electron chi connectivity index (χ4n) is 4.43. The fraction of sp³-hybridized carbons (Fsp3) is 0.619. The molecule has 27 heavy (non-hydrogen) atoms. The maximum atomic E-state index is 11.1. The number of benzene rings is 1. The molecule has 0 aromatic heterocycles. The van der Waals surface area contributed by atoms with Crippen molar-refractivity contribution in [1.82, 2.24) is 10.2 Å². The van der Waals surface area contributed by atoms with Gasteiger partial charge in [-0.1, -0.05) is 31.4 Å². The molecule has 6 heteroatoms. The van der Waals surface area contributed by atoms with Gasteiger partial charge < -0.3 is 15.5 Å². The van der Waals surface area contributed by atoms with Gasteiger partial charge in [0.2, 0.25) is 5.91 Å². The van der Waals surface area contributed by atoms with E-state index in [2.05, 4.69) is 32.7 Å². The molecule has 1 saturated heterocycles. The summed E-state index contributed by atoms with van der Waals surface area (Å²) in [6.45, 7) is 4.69. The second kappa shape index (κ2) is 10.3. The molecule has 2 fully saturated rings. The highest BCUT2D eigenvalue weighted by Gasteiger charge is 2.39. The van der Waals surface area contributed by atoms with Crippen molar-refractivity contribution < 1.29 is 4.79 Å². The van der Waals surface area contributed by atoms with Gasteiger partial charge in [-0.25, -0.2) is 0 Å². The zero-order valence-electron chi connectivity index (χ0n) is 16.6. The molecule has 1 aromatic rings. The van der Waals surface area contributed by atoms with Crippen LogP contribution in [0.5, 0.6) is 0 Å². The molecule has 1 spiro atoms. The quantitative estimate of drug-likeness (QED) is 0.386.